The topological polar surface area (TPSA) is 137 Å². The molecule has 1 saturated heterocycles. The van der Waals surface area contributed by atoms with Crippen LogP contribution in [-0.4, -0.2) is 51.3 Å². The van der Waals surface area contributed by atoms with Crippen molar-refractivity contribution in [1.82, 2.24) is 14.9 Å². The Kier molecular flexibility index (Phi) is 4.50. The van der Waals surface area contributed by atoms with Gasteiger partial charge in [-0.05, 0) is 0 Å². The first-order valence-electron chi connectivity index (χ1n) is 5.78. The monoisotopic (exact) mass is 315 g/mol. The summed E-state index contributed by atoms with van der Waals surface area (Å²) in [5.74, 6) is 1.19. The van der Waals surface area contributed by atoms with Gasteiger partial charge in [-0.25, -0.2) is 9.97 Å². The number of nitrogens with zero attached hydrogens (tertiary/aromatic N) is 4. The summed E-state index contributed by atoms with van der Waals surface area (Å²) in [4.78, 5) is 25.1. The average Bonchev–Trinajstić information content (AvgIpc) is 2.43. The van der Waals surface area contributed by atoms with Crippen molar-refractivity contribution in [2.24, 2.45) is 10.7 Å². The fourth-order valence-electron chi connectivity index (χ4n) is 1.62. The van der Waals surface area contributed by atoms with Gasteiger partial charge in [0.2, 0.25) is 0 Å². The number of carbonyl (C=O) groups excluding carboxylic acids is 1. The van der Waals surface area contributed by atoms with E-state index in [1.807, 2.05) is 16.7 Å². The lowest BCUT2D eigenvalue weighted by Crippen LogP contribution is -2.43. The van der Waals surface area contributed by atoms with Gasteiger partial charge in [-0.2, -0.15) is 16.8 Å². The zero-order valence-corrected chi connectivity index (χ0v) is 12.1. The van der Waals surface area contributed by atoms with Gasteiger partial charge < -0.3 is 22.1 Å². The van der Waals surface area contributed by atoms with E-state index in [4.69, 9.17) is 28.8 Å². The molecule has 6 N–H and O–H groups in total. The van der Waals surface area contributed by atoms with E-state index in [1.54, 1.807) is 0 Å². The number of anilines is 2. The first-order chi connectivity index (χ1) is 9.49. The Morgan fingerprint density at radius 2 is 1.90 bits per heavy atom. The molecule has 1 fully saturated rings. The van der Waals surface area contributed by atoms with Gasteiger partial charge in [0.25, 0.3) is 0 Å². The summed E-state index contributed by atoms with van der Waals surface area (Å²) < 4.78 is 0. The van der Waals surface area contributed by atoms with Crippen LogP contribution in [0.3, 0.4) is 0 Å². The number of amides is 1. The lowest BCUT2D eigenvalue weighted by molar-refractivity contribution is 0.0997. The number of aromatic nitrogens is 2. The Morgan fingerprint density at radius 1 is 1.25 bits per heavy atom. The number of hydrogen-bond acceptors (Lipinski definition) is 6. The maximum absolute atomic E-state index is 12.0. The quantitative estimate of drug-likeness (QED) is 0.478. The Labute approximate surface area is 124 Å². The minimum Gasteiger partial charge on any atom is -0.382 e. The maximum atomic E-state index is 12.0. The molecular formula is C10H14ClN7OS. The minimum atomic E-state index is -0.687. The van der Waals surface area contributed by atoms with Crippen molar-refractivity contribution in [3.05, 3.63) is 10.8 Å². The Morgan fingerprint density at radius 3 is 2.55 bits per heavy atom. The molecule has 0 aliphatic carbocycles. The fraction of sp³-hybridized carbons (Fsp3) is 0.400. The van der Waals surface area contributed by atoms with Crippen molar-refractivity contribution >= 4 is 46.9 Å². The van der Waals surface area contributed by atoms with Gasteiger partial charge in [0.05, 0.1) is 0 Å². The van der Waals surface area contributed by atoms with E-state index in [0.717, 1.165) is 24.6 Å². The van der Waals surface area contributed by atoms with E-state index in [2.05, 4.69) is 15.0 Å². The number of carbonyl (C=O) groups is 1. The second-order valence-corrected chi connectivity index (χ2v) is 5.59. The van der Waals surface area contributed by atoms with E-state index in [1.165, 1.54) is 0 Å². The summed E-state index contributed by atoms with van der Waals surface area (Å²) >= 11 is 7.54. The molecule has 8 nitrogen and oxygen atoms in total. The number of hydrogen-bond donors (Lipinski definition) is 3. The van der Waals surface area contributed by atoms with Crippen molar-refractivity contribution in [3.8, 4) is 0 Å². The minimum absolute atomic E-state index is 0.0364. The first-order valence-corrected chi connectivity index (χ1v) is 7.32. The van der Waals surface area contributed by atoms with Gasteiger partial charge in [-0.3, -0.25) is 4.79 Å². The number of guanidine groups is 1. The zero-order chi connectivity index (χ0) is 14.7. The normalized spacial score (nSPS) is 16.2. The molecule has 2 rings (SSSR count). The van der Waals surface area contributed by atoms with Crippen LogP contribution in [0, 0.1) is 0 Å². The van der Waals surface area contributed by atoms with Crippen LogP contribution < -0.4 is 17.2 Å². The highest BCUT2D eigenvalue weighted by atomic mass is 35.5. The third kappa shape index (κ3) is 3.23. The third-order valence-corrected chi connectivity index (χ3v) is 3.88. The second-order valence-electron chi connectivity index (χ2n) is 4.01. The highest BCUT2D eigenvalue weighted by molar-refractivity contribution is 7.99. The summed E-state index contributed by atoms with van der Waals surface area (Å²) in [6, 6.07) is 0. The molecule has 108 valence electrons. The van der Waals surface area contributed by atoms with Gasteiger partial charge in [0, 0.05) is 24.6 Å². The third-order valence-electron chi connectivity index (χ3n) is 2.66. The number of thioether (sulfide) groups is 1. The largest absolute Gasteiger partial charge is 0.382 e. The van der Waals surface area contributed by atoms with Crippen LogP contribution >= 0.6 is 23.4 Å². The van der Waals surface area contributed by atoms with Gasteiger partial charge in [0.15, 0.2) is 28.4 Å². The van der Waals surface area contributed by atoms with Gasteiger partial charge in [0.1, 0.15) is 0 Å². The summed E-state index contributed by atoms with van der Waals surface area (Å²) in [6.07, 6.45) is 0. The molecule has 20 heavy (non-hydrogen) atoms. The average molecular weight is 316 g/mol. The molecule has 0 bridgehead atoms. The molecule has 1 aromatic rings. The Bertz CT molecular complexity index is 559. The molecule has 2 heterocycles. The van der Waals surface area contributed by atoms with Gasteiger partial charge in [-0.15, -0.1) is 0 Å². The molecule has 1 aliphatic rings. The molecule has 0 radical (unpaired) electrons. The SMILES string of the molecule is NC(=NC(=O)c1nc(Cl)c(N)nc1N)N1CCSCC1. The summed E-state index contributed by atoms with van der Waals surface area (Å²) in [5, 5.41) is -0.0920. The highest BCUT2D eigenvalue weighted by Crippen LogP contribution is 2.18. The molecule has 1 aliphatic heterocycles. The molecule has 0 unspecified atom stereocenters. The molecule has 0 saturated carbocycles. The van der Waals surface area contributed by atoms with Crippen LogP contribution in [0.5, 0.6) is 0 Å². The summed E-state index contributed by atoms with van der Waals surface area (Å²) in [6.45, 7) is 1.49. The Hall–Kier alpha value is -1.74. The second kappa shape index (κ2) is 6.14. The lowest BCUT2D eigenvalue weighted by Gasteiger charge is -2.26. The number of nitrogens with two attached hydrogens (primary N) is 3. The standard InChI is InChI=1S/C10H14ClN7OS/c11-6-8(13)16-7(12)5(15-6)9(19)17-10(14)18-1-3-20-4-2-18/h1-4H2,(H4,12,13,16)(H2,14,17,19). The van der Waals surface area contributed by atoms with E-state index >= 15 is 0 Å². The van der Waals surface area contributed by atoms with Crippen LogP contribution in [0.1, 0.15) is 10.5 Å². The summed E-state index contributed by atoms with van der Waals surface area (Å²) in [5.41, 5.74) is 16.7. The van der Waals surface area contributed by atoms with Gasteiger partial charge in [-0.1, -0.05) is 11.6 Å². The molecule has 1 aromatic heterocycles. The lowest BCUT2D eigenvalue weighted by atomic mass is 10.4. The van der Waals surface area contributed by atoms with E-state index in [-0.39, 0.29) is 28.4 Å². The molecule has 0 atom stereocenters. The molecular weight excluding hydrogens is 302 g/mol. The van der Waals surface area contributed by atoms with Crippen molar-refractivity contribution in [3.63, 3.8) is 0 Å². The maximum Gasteiger partial charge on any atom is 0.302 e. The fourth-order valence-corrected chi connectivity index (χ4v) is 2.65. The molecule has 10 heteroatoms. The van der Waals surface area contributed by atoms with Crippen molar-refractivity contribution in [1.29, 1.82) is 0 Å². The number of aliphatic imine (C=N–C) groups is 1. The molecule has 0 aromatic carbocycles. The van der Waals surface area contributed by atoms with Crippen LogP contribution in [0.4, 0.5) is 11.6 Å². The molecule has 0 spiro atoms. The molecule has 1 amide bonds. The zero-order valence-electron chi connectivity index (χ0n) is 10.5. The number of rotatable bonds is 1. The Balaban J connectivity index is 2.20. The predicted octanol–water partition coefficient (Wildman–Crippen LogP) is -0.202. The van der Waals surface area contributed by atoms with Crippen LogP contribution in [0.25, 0.3) is 0 Å². The van der Waals surface area contributed by atoms with Crippen molar-refractivity contribution in [2.45, 2.75) is 0 Å². The summed E-state index contributed by atoms with van der Waals surface area (Å²) in [7, 11) is 0. The number of halogens is 1. The van der Waals surface area contributed by atoms with E-state index in [9.17, 15) is 4.79 Å². The first kappa shape index (κ1) is 14.7. The highest BCUT2D eigenvalue weighted by Gasteiger charge is 2.18. The smallest absolute Gasteiger partial charge is 0.302 e. The van der Waals surface area contributed by atoms with E-state index in [0.29, 0.717) is 0 Å². The van der Waals surface area contributed by atoms with Crippen LogP contribution in [0.15, 0.2) is 4.99 Å². The van der Waals surface area contributed by atoms with Crippen LogP contribution in [0.2, 0.25) is 5.15 Å². The van der Waals surface area contributed by atoms with Crippen LogP contribution in [-0.2, 0) is 0 Å². The van der Waals surface area contributed by atoms with Crippen molar-refractivity contribution in [2.75, 3.05) is 36.1 Å². The predicted molar refractivity (Wildman–Crippen MR) is 80.7 cm³/mol. The van der Waals surface area contributed by atoms with Crippen molar-refractivity contribution < 1.29 is 4.79 Å². The van der Waals surface area contributed by atoms with E-state index < -0.39 is 5.91 Å². The van der Waals surface area contributed by atoms with Gasteiger partial charge >= 0.3 is 5.91 Å². The number of nitrogen functional groups attached to an aromatic ring is 2.